The normalized spacial score (nSPS) is 16.5. The Morgan fingerprint density at radius 1 is 1.43 bits per heavy atom. The van der Waals surface area contributed by atoms with Crippen molar-refractivity contribution < 1.29 is 9.18 Å². The van der Waals surface area contributed by atoms with E-state index >= 15 is 0 Å². The van der Waals surface area contributed by atoms with Crippen LogP contribution in [-0.2, 0) is 4.79 Å². The summed E-state index contributed by atoms with van der Waals surface area (Å²) < 4.78 is 15.6. The fourth-order valence-electron chi connectivity index (χ4n) is 4.14. The number of anilines is 1. The summed E-state index contributed by atoms with van der Waals surface area (Å²) in [5.41, 5.74) is 2.48. The fourth-order valence-corrected chi connectivity index (χ4v) is 4.14. The maximum Gasteiger partial charge on any atom is 0.239 e. The average molecular weight is 406 g/mol. The topological polar surface area (TPSA) is 89.7 Å². The van der Waals surface area contributed by atoms with Gasteiger partial charge in [0.15, 0.2) is 0 Å². The highest BCUT2D eigenvalue weighted by Crippen LogP contribution is 2.32. The molecule has 3 heterocycles. The lowest BCUT2D eigenvalue weighted by atomic mass is 10.2. The smallest absolute Gasteiger partial charge is 0.239 e. The number of carbonyl (C=O) groups excluding carboxylic acids is 1. The minimum atomic E-state index is -0.382. The SMILES string of the molecule is Cc1c(C#N)c(NC(=O)CN2CCC[C@@H]2c2ncc[nH]2)n(-c2cccc(F)c2)c1C. The van der Waals surface area contributed by atoms with Gasteiger partial charge < -0.3 is 10.3 Å². The number of aromatic amines is 1. The van der Waals surface area contributed by atoms with Crippen LogP contribution >= 0.6 is 0 Å². The lowest BCUT2D eigenvalue weighted by Crippen LogP contribution is -2.33. The first-order valence-corrected chi connectivity index (χ1v) is 9.90. The molecule has 1 aromatic carbocycles. The van der Waals surface area contributed by atoms with Crippen LogP contribution in [0, 0.1) is 31.0 Å². The summed E-state index contributed by atoms with van der Waals surface area (Å²) in [6.45, 7) is 4.66. The first kappa shape index (κ1) is 19.9. The van der Waals surface area contributed by atoms with Gasteiger partial charge in [0.05, 0.1) is 23.8 Å². The Morgan fingerprint density at radius 2 is 2.27 bits per heavy atom. The molecule has 0 bridgehead atoms. The van der Waals surface area contributed by atoms with Crippen LogP contribution in [-0.4, -0.2) is 38.4 Å². The van der Waals surface area contributed by atoms with Gasteiger partial charge in [-0.05, 0) is 57.0 Å². The Labute approximate surface area is 174 Å². The molecule has 1 fully saturated rings. The number of nitrogens with zero attached hydrogens (tertiary/aromatic N) is 4. The molecule has 2 aromatic heterocycles. The molecule has 0 saturated carbocycles. The molecule has 1 atom stereocenters. The van der Waals surface area contributed by atoms with Crippen molar-refractivity contribution in [2.75, 3.05) is 18.4 Å². The quantitative estimate of drug-likeness (QED) is 0.677. The van der Waals surface area contributed by atoms with Crippen molar-refractivity contribution in [3.8, 4) is 11.8 Å². The molecule has 2 N–H and O–H groups in total. The van der Waals surface area contributed by atoms with Crippen LogP contribution in [0.2, 0.25) is 0 Å². The number of nitriles is 1. The third-order valence-electron chi connectivity index (χ3n) is 5.69. The number of amides is 1. The van der Waals surface area contributed by atoms with E-state index < -0.39 is 0 Å². The number of rotatable bonds is 5. The number of hydrogen-bond donors (Lipinski definition) is 2. The molecule has 3 aromatic rings. The summed E-state index contributed by atoms with van der Waals surface area (Å²) in [5, 5.41) is 12.6. The van der Waals surface area contributed by atoms with Crippen molar-refractivity contribution >= 4 is 11.7 Å². The lowest BCUT2D eigenvalue weighted by molar-refractivity contribution is -0.117. The number of carbonyl (C=O) groups is 1. The number of imidazole rings is 1. The zero-order valence-corrected chi connectivity index (χ0v) is 16.9. The maximum atomic E-state index is 13.8. The first-order valence-electron chi connectivity index (χ1n) is 9.90. The number of hydrogen-bond acceptors (Lipinski definition) is 4. The van der Waals surface area contributed by atoms with Crippen LogP contribution in [0.25, 0.3) is 5.69 Å². The lowest BCUT2D eigenvalue weighted by Gasteiger charge is -2.22. The van der Waals surface area contributed by atoms with Gasteiger partial charge in [-0.3, -0.25) is 14.3 Å². The van der Waals surface area contributed by atoms with Gasteiger partial charge in [-0.15, -0.1) is 0 Å². The Bertz CT molecular complexity index is 1110. The van der Waals surface area contributed by atoms with Crippen LogP contribution in [0.3, 0.4) is 0 Å². The highest BCUT2D eigenvalue weighted by atomic mass is 19.1. The zero-order valence-electron chi connectivity index (χ0n) is 16.9. The number of aromatic nitrogens is 3. The zero-order chi connectivity index (χ0) is 21.3. The Kier molecular flexibility index (Phi) is 5.38. The number of halogens is 1. The summed E-state index contributed by atoms with van der Waals surface area (Å²) in [7, 11) is 0. The van der Waals surface area contributed by atoms with Crippen molar-refractivity contribution in [1.29, 1.82) is 5.26 Å². The van der Waals surface area contributed by atoms with Crippen LogP contribution in [0.1, 0.15) is 41.5 Å². The molecule has 1 amide bonds. The van der Waals surface area contributed by atoms with Gasteiger partial charge in [0.1, 0.15) is 23.5 Å². The van der Waals surface area contributed by atoms with E-state index in [1.54, 1.807) is 29.1 Å². The van der Waals surface area contributed by atoms with E-state index in [0.29, 0.717) is 17.1 Å². The number of likely N-dealkylation sites (tertiary alicyclic amines) is 1. The summed E-state index contributed by atoms with van der Waals surface area (Å²) >= 11 is 0. The molecule has 1 saturated heterocycles. The summed E-state index contributed by atoms with van der Waals surface area (Å²) in [4.78, 5) is 22.5. The molecule has 30 heavy (non-hydrogen) atoms. The summed E-state index contributed by atoms with van der Waals surface area (Å²) in [6.07, 6.45) is 5.41. The highest BCUT2D eigenvalue weighted by molar-refractivity contribution is 5.93. The van der Waals surface area contributed by atoms with E-state index in [2.05, 4.69) is 26.3 Å². The summed E-state index contributed by atoms with van der Waals surface area (Å²) in [6, 6.07) is 8.35. The van der Waals surface area contributed by atoms with Crippen molar-refractivity contribution in [3.63, 3.8) is 0 Å². The van der Waals surface area contributed by atoms with Gasteiger partial charge in [0.25, 0.3) is 0 Å². The molecule has 4 rings (SSSR count). The van der Waals surface area contributed by atoms with E-state index in [0.717, 1.165) is 36.5 Å². The van der Waals surface area contributed by atoms with E-state index in [1.165, 1.54) is 12.1 Å². The second kappa shape index (κ2) is 8.13. The van der Waals surface area contributed by atoms with E-state index in [9.17, 15) is 14.4 Å². The fraction of sp³-hybridized carbons (Fsp3) is 0.318. The van der Waals surface area contributed by atoms with Crippen molar-refractivity contribution in [3.05, 3.63) is 65.1 Å². The maximum absolute atomic E-state index is 13.8. The van der Waals surface area contributed by atoms with Crippen LogP contribution in [0.15, 0.2) is 36.7 Å². The van der Waals surface area contributed by atoms with Crippen molar-refractivity contribution in [1.82, 2.24) is 19.4 Å². The predicted octanol–water partition coefficient (Wildman–Crippen LogP) is 3.60. The van der Waals surface area contributed by atoms with Gasteiger partial charge in [-0.1, -0.05) is 6.07 Å². The second-order valence-electron chi connectivity index (χ2n) is 7.51. The van der Waals surface area contributed by atoms with Gasteiger partial charge >= 0.3 is 0 Å². The molecule has 154 valence electrons. The number of benzene rings is 1. The minimum absolute atomic E-state index is 0.0691. The molecule has 1 aliphatic rings. The average Bonchev–Trinajstić information content (AvgIpc) is 3.43. The Hall–Kier alpha value is -3.44. The molecule has 0 spiro atoms. The monoisotopic (exact) mass is 406 g/mol. The molecule has 0 aliphatic carbocycles. The third-order valence-corrected chi connectivity index (χ3v) is 5.69. The third kappa shape index (κ3) is 3.60. The van der Waals surface area contributed by atoms with Crippen LogP contribution < -0.4 is 5.32 Å². The second-order valence-corrected chi connectivity index (χ2v) is 7.51. The standard InChI is InChI=1S/C22H23FN6O/c1-14-15(2)29(17-6-3-5-16(23)11-17)22(18(14)12-24)27-20(30)13-28-10-4-7-19(28)21-25-8-9-26-21/h3,5-6,8-9,11,19H,4,7,10,13H2,1-2H3,(H,25,26)(H,27,30)/t19-/m1/s1. The molecule has 0 radical (unpaired) electrons. The predicted molar refractivity (Wildman–Crippen MR) is 111 cm³/mol. The van der Waals surface area contributed by atoms with Crippen molar-refractivity contribution in [2.24, 2.45) is 0 Å². The number of nitrogens with one attached hydrogen (secondary N) is 2. The van der Waals surface area contributed by atoms with Gasteiger partial charge in [0.2, 0.25) is 5.91 Å². The first-order chi connectivity index (χ1) is 14.5. The molecular weight excluding hydrogens is 383 g/mol. The van der Waals surface area contributed by atoms with Gasteiger partial charge in [-0.25, -0.2) is 9.37 Å². The molecular formula is C22H23FN6O. The molecule has 8 heteroatoms. The largest absolute Gasteiger partial charge is 0.347 e. The summed E-state index contributed by atoms with van der Waals surface area (Å²) in [5.74, 6) is 0.622. The molecule has 7 nitrogen and oxygen atoms in total. The van der Waals surface area contributed by atoms with Crippen LogP contribution in [0.5, 0.6) is 0 Å². The van der Waals surface area contributed by atoms with Gasteiger partial charge in [-0.2, -0.15) is 5.26 Å². The molecule has 1 aliphatic heterocycles. The number of H-pyrrole nitrogens is 1. The Morgan fingerprint density at radius 3 is 2.97 bits per heavy atom. The van der Waals surface area contributed by atoms with Crippen LogP contribution in [0.4, 0.5) is 10.2 Å². The van der Waals surface area contributed by atoms with E-state index in [-0.39, 0.29) is 24.3 Å². The highest BCUT2D eigenvalue weighted by Gasteiger charge is 2.30. The Balaban J connectivity index is 1.62. The van der Waals surface area contributed by atoms with E-state index in [4.69, 9.17) is 0 Å². The van der Waals surface area contributed by atoms with E-state index in [1.807, 2.05) is 13.8 Å². The van der Waals surface area contributed by atoms with Crippen molar-refractivity contribution in [2.45, 2.75) is 32.7 Å². The minimum Gasteiger partial charge on any atom is -0.347 e. The van der Waals surface area contributed by atoms with Gasteiger partial charge in [0, 0.05) is 18.1 Å². The molecule has 0 unspecified atom stereocenters.